The fourth-order valence-corrected chi connectivity index (χ4v) is 13.1. The molecule has 0 amide bonds. The van der Waals surface area contributed by atoms with E-state index in [-0.39, 0.29) is 54.0 Å². The topological polar surface area (TPSA) is 117 Å². The largest absolute Gasteiger partial charge is 0.508 e. The SMILES string of the molecule is CCC(C=C1OC(=O)C2=C3c4cc(O)ccc4-c4cccc(c4)C(NC)CCC45CCC6=C(C(=O)OC6=CCC(CO)C6CCNCC6)C4C12CCC35)Cc1ccccc1. The number of phenolic OH excluding ortho intramolecular Hbond substituents is 1. The van der Waals surface area contributed by atoms with Crippen molar-refractivity contribution in [1.82, 2.24) is 10.6 Å². The second-order valence-electron chi connectivity index (χ2n) is 18.6. The number of allylic oxidation sites excluding steroid dienone is 5. The Morgan fingerprint density at radius 1 is 0.900 bits per heavy atom. The molecule has 3 aromatic carbocycles. The molecule has 8 aliphatic rings. The van der Waals surface area contributed by atoms with Crippen LogP contribution in [0, 0.1) is 40.4 Å². The summed E-state index contributed by atoms with van der Waals surface area (Å²) in [6, 6.07) is 24.9. The van der Waals surface area contributed by atoms with Gasteiger partial charge in [0.05, 0.1) is 11.0 Å². The van der Waals surface area contributed by atoms with E-state index in [1.807, 2.05) is 25.2 Å². The second kappa shape index (κ2) is 15.6. The zero-order valence-electron chi connectivity index (χ0n) is 35.0. The van der Waals surface area contributed by atoms with E-state index in [2.05, 4.69) is 78.2 Å². The van der Waals surface area contributed by atoms with Gasteiger partial charge in [-0.3, -0.25) is 0 Å². The molecule has 312 valence electrons. The molecule has 4 N–H and O–H groups in total. The number of hydrogen-bond donors (Lipinski definition) is 4. The Bertz CT molecular complexity index is 2340. The number of cyclic esters (lactones) is 2. The number of fused-ring (bicyclic) bond motifs is 5. The molecule has 3 aliphatic heterocycles. The quantitative estimate of drug-likeness (QED) is 0.158. The molecular weight excluding hydrogens is 749 g/mol. The molecule has 8 nitrogen and oxygen atoms in total. The molecule has 11 rings (SSSR count). The van der Waals surface area contributed by atoms with Gasteiger partial charge in [-0.2, -0.15) is 0 Å². The third-order valence-electron chi connectivity index (χ3n) is 16.0. The number of aliphatic hydroxyl groups is 1. The number of rotatable bonds is 9. The highest BCUT2D eigenvalue weighted by molar-refractivity contribution is 6.08. The lowest BCUT2D eigenvalue weighted by Crippen LogP contribution is -2.59. The number of hydrogen-bond acceptors (Lipinski definition) is 8. The monoisotopic (exact) mass is 806 g/mol. The van der Waals surface area contributed by atoms with Gasteiger partial charge in [-0.05, 0) is 184 Å². The minimum Gasteiger partial charge on any atom is -0.508 e. The number of carbonyl (C=O) groups excluding carboxylic acids is 2. The highest BCUT2D eigenvalue weighted by Crippen LogP contribution is 2.77. The van der Waals surface area contributed by atoms with Gasteiger partial charge in [0.1, 0.15) is 17.3 Å². The van der Waals surface area contributed by atoms with Gasteiger partial charge in [0, 0.05) is 29.7 Å². The average molecular weight is 807 g/mol. The maximum absolute atomic E-state index is 15.0. The van der Waals surface area contributed by atoms with Gasteiger partial charge in [0.15, 0.2) is 0 Å². The minimum absolute atomic E-state index is 0.0549. The van der Waals surface area contributed by atoms with E-state index < -0.39 is 10.8 Å². The molecule has 8 heteroatoms. The first kappa shape index (κ1) is 39.4. The van der Waals surface area contributed by atoms with Crippen LogP contribution in [0.4, 0.5) is 0 Å². The number of benzene rings is 3. The molecule has 1 saturated carbocycles. The molecular formula is C52H58N2O6. The number of piperidine rings is 1. The summed E-state index contributed by atoms with van der Waals surface area (Å²) in [6.07, 6.45) is 13.4. The molecule has 5 aliphatic carbocycles. The Labute approximate surface area is 353 Å². The van der Waals surface area contributed by atoms with E-state index in [9.17, 15) is 15.0 Å². The number of aliphatic hydroxyl groups excluding tert-OH is 1. The Hall–Kier alpha value is -4.76. The summed E-state index contributed by atoms with van der Waals surface area (Å²) in [6.45, 7) is 4.21. The Morgan fingerprint density at radius 3 is 2.52 bits per heavy atom. The third-order valence-corrected chi connectivity index (χ3v) is 16.0. The average Bonchev–Trinajstić information content (AvgIpc) is 3.75. The predicted octanol–water partition coefficient (Wildman–Crippen LogP) is 9.12. The van der Waals surface area contributed by atoms with Gasteiger partial charge in [-0.1, -0.05) is 61.5 Å². The first-order valence-corrected chi connectivity index (χ1v) is 22.6. The smallest absolute Gasteiger partial charge is 0.340 e. The first-order chi connectivity index (χ1) is 29.3. The highest BCUT2D eigenvalue weighted by Gasteiger charge is 2.73. The van der Waals surface area contributed by atoms with Crippen LogP contribution >= 0.6 is 0 Å². The van der Waals surface area contributed by atoms with Crippen molar-refractivity contribution in [3.05, 3.63) is 130 Å². The molecule has 7 atom stereocenters. The molecule has 3 aromatic rings. The molecule has 7 unspecified atom stereocenters. The number of phenols is 1. The van der Waals surface area contributed by atoms with E-state index in [4.69, 9.17) is 9.47 Å². The number of ether oxygens (including phenoxy) is 2. The summed E-state index contributed by atoms with van der Waals surface area (Å²) >= 11 is 0. The molecule has 0 aromatic heterocycles. The highest BCUT2D eigenvalue weighted by atomic mass is 16.5. The van der Waals surface area contributed by atoms with E-state index in [0.29, 0.717) is 42.3 Å². The zero-order valence-corrected chi connectivity index (χ0v) is 35.0. The predicted molar refractivity (Wildman–Crippen MR) is 232 cm³/mol. The molecule has 0 radical (unpaired) electrons. The normalized spacial score (nSPS) is 30.6. The van der Waals surface area contributed by atoms with Gasteiger partial charge >= 0.3 is 11.9 Å². The van der Waals surface area contributed by atoms with Crippen molar-refractivity contribution in [2.45, 2.75) is 83.6 Å². The lowest BCUT2D eigenvalue weighted by molar-refractivity contribution is -0.136. The summed E-state index contributed by atoms with van der Waals surface area (Å²) in [4.78, 5) is 29.9. The second-order valence-corrected chi connectivity index (χ2v) is 18.6. The number of nitrogens with one attached hydrogen (secondary N) is 2. The summed E-state index contributed by atoms with van der Waals surface area (Å²) in [7, 11) is 2.03. The van der Waals surface area contributed by atoms with E-state index >= 15 is 4.79 Å². The number of aromatic hydroxyl groups is 1. The maximum Gasteiger partial charge on any atom is 0.340 e. The van der Waals surface area contributed by atoms with Crippen LogP contribution in [0.15, 0.2) is 113 Å². The van der Waals surface area contributed by atoms with E-state index in [1.54, 1.807) is 6.07 Å². The van der Waals surface area contributed by atoms with Crippen molar-refractivity contribution in [1.29, 1.82) is 0 Å². The van der Waals surface area contributed by atoms with Crippen molar-refractivity contribution in [3.63, 3.8) is 0 Å². The Balaban J connectivity index is 1.20. The lowest BCUT2D eigenvalue weighted by Gasteiger charge is -2.63. The van der Waals surface area contributed by atoms with Crippen LogP contribution in [-0.2, 0) is 25.5 Å². The van der Waals surface area contributed by atoms with Crippen LogP contribution in [0.5, 0.6) is 5.75 Å². The molecule has 2 saturated heterocycles. The minimum atomic E-state index is -0.895. The maximum atomic E-state index is 15.0. The molecule has 3 heterocycles. The number of carbonyl (C=O) groups is 2. The fourth-order valence-electron chi connectivity index (χ4n) is 13.1. The Kier molecular flexibility index (Phi) is 10.2. The van der Waals surface area contributed by atoms with E-state index in [0.717, 1.165) is 97.9 Å². The van der Waals surface area contributed by atoms with Crippen molar-refractivity contribution in [2.24, 2.45) is 40.4 Å². The standard InChI is InChI=1S/C52H58N2O6/c1-3-31(26-32-8-5-4-6-9-32)27-44-52-23-17-41-45(47(52)50(58)60-44)40-29-37(56)13-14-38(40)34-10-7-11-35(28-34)42(53-2)18-22-51(41)21-16-39-43(59-49(57)46(39)48(51)52)15-12-36(30-55)33-19-24-54-25-20-33/h4-11,13-15,27-29,31,33,36,41-42,48,53-56H,3,12,16-26,30H2,1-2H3. The van der Waals surface area contributed by atoms with Crippen molar-refractivity contribution in [3.8, 4) is 16.9 Å². The molecule has 60 heavy (non-hydrogen) atoms. The molecule has 6 bridgehead atoms. The third kappa shape index (κ3) is 6.19. The van der Waals surface area contributed by atoms with Crippen LogP contribution in [-0.4, -0.2) is 48.9 Å². The van der Waals surface area contributed by atoms with Gasteiger partial charge in [0.2, 0.25) is 0 Å². The lowest BCUT2D eigenvalue weighted by atomic mass is 9.37. The Morgan fingerprint density at radius 2 is 1.73 bits per heavy atom. The van der Waals surface area contributed by atoms with Crippen molar-refractivity contribution < 1.29 is 29.3 Å². The van der Waals surface area contributed by atoms with Crippen LogP contribution in [0.2, 0.25) is 0 Å². The van der Waals surface area contributed by atoms with Crippen LogP contribution in [0.25, 0.3) is 16.7 Å². The van der Waals surface area contributed by atoms with Crippen LogP contribution in [0.3, 0.4) is 0 Å². The van der Waals surface area contributed by atoms with Gasteiger partial charge < -0.3 is 30.3 Å². The summed E-state index contributed by atoms with van der Waals surface area (Å²) in [5, 5.41) is 28.9. The van der Waals surface area contributed by atoms with E-state index in [1.165, 1.54) is 11.1 Å². The van der Waals surface area contributed by atoms with Gasteiger partial charge in [0.25, 0.3) is 0 Å². The number of esters is 2. The molecule has 2 spiro atoms. The zero-order chi connectivity index (χ0) is 41.2. The summed E-state index contributed by atoms with van der Waals surface area (Å²) < 4.78 is 13.1. The van der Waals surface area contributed by atoms with Gasteiger partial charge in [-0.15, -0.1) is 0 Å². The summed E-state index contributed by atoms with van der Waals surface area (Å²) in [5.74, 6) is 1.07. The van der Waals surface area contributed by atoms with Crippen LogP contribution < -0.4 is 10.6 Å². The summed E-state index contributed by atoms with van der Waals surface area (Å²) in [5.41, 5.74) is 7.38. The fraction of sp³-hybridized carbons (Fsp3) is 0.462. The first-order valence-electron chi connectivity index (χ1n) is 22.6. The molecule has 3 fully saturated rings. The van der Waals surface area contributed by atoms with Gasteiger partial charge in [-0.25, -0.2) is 9.59 Å². The van der Waals surface area contributed by atoms with Crippen LogP contribution in [0.1, 0.15) is 93.9 Å². The van der Waals surface area contributed by atoms with Crippen molar-refractivity contribution in [2.75, 3.05) is 26.7 Å². The van der Waals surface area contributed by atoms with Crippen molar-refractivity contribution >= 4 is 17.5 Å².